The Morgan fingerprint density at radius 1 is 1.18 bits per heavy atom. The van der Waals surface area contributed by atoms with Gasteiger partial charge in [0.1, 0.15) is 22.8 Å². The van der Waals surface area contributed by atoms with Crippen LogP contribution in [0.5, 0.6) is 5.75 Å². The molecule has 0 amide bonds. The molecule has 0 aliphatic heterocycles. The van der Waals surface area contributed by atoms with Gasteiger partial charge in [-0.1, -0.05) is 12.1 Å². The third kappa shape index (κ3) is 3.85. The summed E-state index contributed by atoms with van der Waals surface area (Å²) in [4.78, 5) is 0. The SMILES string of the molecule is CC(C)n1c(-c2ccc(NS(C)=O)cc2)c(C#N)c2ccc(OC(F)F)cc21. The van der Waals surface area contributed by atoms with Gasteiger partial charge in [0.2, 0.25) is 0 Å². The molecule has 0 aliphatic rings. The number of nitrogens with zero attached hydrogens (tertiary/aromatic N) is 2. The number of hydrogen-bond acceptors (Lipinski definition) is 3. The molecule has 1 atom stereocenters. The fraction of sp³-hybridized carbons (Fsp3) is 0.250. The average molecular weight is 403 g/mol. The van der Waals surface area contributed by atoms with Crippen LogP contribution in [0.1, 0.15) is 25.5 Å². The molecular formula is C20H19F2N3O2S. The zero-order valence-electron chi connectivity index (χ0n) is 15.6. The van der Waals surface area contributed by atoms with E-state index in [0.29, 0.717) is 27.8 Å². The van der Waals surface area contributed by atoms with E-state index in [-0.39, 0.29) is 11.8 Å². The van der Waals surface area contributed by atoms with Crippen molar-refractivity contribution in [1.82, 2.24) is 4.57 Å². The summed E-state index contributed by atoms with van der Waals surface area (Å²) < 4.78 is 45.8. The molecule has 0 saturated carbocycles. The second-order valence-corrected chi connectivity index (χ2v) is 7.60. The first-order chi connectivity index (χ1) is 13.3. The molecule has 0 radical (unpaired) electrons. The third-order valence-corrected chi connectivity index (χ3v) is 4.77. The van der Waals surface area contributed by atoms with E-state index < -0.39 is 17.6 Å². The fourth-order valence-corrected chi connectivity index (χ4v) is 3.73. The van der Waals surface area contributed by atoms with Gasteiger partial charge in [-0.05, 0) is 43.7 Å². The number of ether oxygens (including phenoxy) is 1. The van der Waals surface area contributed by atoms with Crippen LogP contribution >= 0.6 is 0 Å². The van der Waals surface area contributed by atoms with E-state index in [2.05, 4.69) is 15.5 Å². The van der Waals surface area contributed by atoms with Gasteiger partial charge < -0.3 is 14.0 Å². The van der Waals surface area contributed by atoms with Gasteiger partial charge in [0.15, 0.2) is 0 Å². The lowest BCUT2D eigenvalue weighted by Crippen LogP contribution is -2.05. The van der Waals surface area contributed by atoms with Crippen molar-refractivity contribution in [2.24, 2.45) is 0 Å². The molecule has 0 saturated heterocycles. The summed E-state index contributed by atoms with van der Waals surface area (Å²) in [6, 6.07) is 14.0. The van der Waals surface area contributed by atoms with Crippen LogP contribution in [-0.2, 0) is 11.0 Å². The maximum absolute atomic E-state index is 12.6. The summed E-state index contributed by atoms with van der Waals surface area (Å²) in [6.45, 7) is 1.00. The number of rotatable bonds is 6. The zero-order valence-corrected chi connectivity index (χ0v) is 16.4. The molecule has 0 aliphatic carbocycles. The quantitative estimate of drug-likeness (QED) is 0.625. The van der Waals surface area contributed by atoms with Gasteiger partial charge >= 0.3 is 6.61 Å². The maximum atomic E-state index is 12.6. The summed E-state index contributed by atoms with van der Waals surface area (Å²) in [5.74, 6) is 0.0444. The molecule has 0 fully saturated rings. The Kier molecular flexibility index (Phi) is 5.66. The van der Waals surface area contributed by atoms with Crippen molar-refractivity contribution in [1.29, 1.82) is 5.26 Å². The van der Waals surface area contributed by atoms with Gasteiger partial charge in [-0.2, -0.15) is 14.0 Å². The van der Waals surface area contributed by atoms with Crippen molar-refractivity contribution < 1.29 is 17.7 Å². The van der Waals surface area contributed by atoms with Gasteiger partial charge in [0.25, 0.3) is 0 Å². The van der Waals surface area contributed by atoms with Gasteiger partial charge in [0.05, 0.1) is 16.8 Å². The number of anilines is 1. The number of alkyl halides is 2. The molecule has 2 aromatic carbocycles. The normalized spacial score (nSPS) is 12.4. The predicted molar refractivity (Wildman–Crippen MR) is 107 cm³/mol. The van der Waals surface area contributed by atoms with E-state index in [4.69, 9.17) is 0 Å². The van der Waals surface area contributed by atoms with E-state index in [9.17, 15) is 18.3 Å². The number of nitrogens with one attached hydrogen (secondary N) is 1. The van der Waals surface area contributed by atoms with Crippen molar-refractivity contribution in [3.8, 4) is 23.1 Å². The Morgan fingerprint density at radius 3 is 2.39 bits per heavy atom. The van der Waals surface area contributed by atoms with Crippen LogP contribution in [0.3, 0.4) is 0 Å². The van der Waals surface area contributed by atoms with Gasteiger partial charge in [-0.3, -0.25) is 0 Å². The minimum Gasteiger partial charge on any atom is -0.435 e. The van der Waals surface area contributed by atoms with E-state index >= 15 is 0 Å². The number of aromatic nitrogens is 1. The van der Waals surface area contributed by atoms with Crippen LogP contribution < -0.4 is 9.46 Å². The summed E-state index contributed by atoms with van der Waals surface area (Å²) >= 11 is 0. The highest BCUT2D eigenvalue weighted by Crippen LogP contribution is 2.38. The van der Waals surface area contributed by atoms with Crippen LogP contribution in [0, 0.1) is 11.3 Å². The van der Waals surface area contributed by atoms with Crippen molar-refractivity contribution >= 4 is 27.6 Å². The molecule has 8 heteroatoms. The first-order valence-corrected chi connectivity index (χ1v) is 10.1. The predicted octanol–water partition coefficient (Wildman–Crippen LogP) is 5.07. The van der Waals surface area contributed by atoms with Gasteiger partial charge in [-0.25, -0.2) is 4.21 Å². The van der Waals surface area contributed by atoms with Gasteiger partial charge in [-0.15, -0.1) is 0 Å². The Hall–Kier alpha value is -2.92. The zero-order chi connectivity index (χ0) is 20.4. The third-order valence-electron chi connectivity index (χ3n) is 4.25. The molecule has 28 heavy (non-hydrogen) atoms. The monoisotopic (exact) mass is 403 g/mol. The van der Waals surface area contributed by atoms with E-state index in [0.717, 1.165) is 5.56 Å². The first kappa shape index (κ1) is 19.8. The van der Waals surface area contributed by atoms with Crippen molar-refractivity contribution in [3.63, 3.8) is 0 Å². The largest absolute Gasteiger partial charge is 0.435 e. The lowest BCUT2D eigenvalue weighted by atomic mass is 10.1. The van der Waals surface area contributed by atoms with Crippen molar-refractivity contribution in [2.45, 2.75) is 26.5 Å². The summed E-state index contributed by atoms with van der Waals surface area (Å²) in [7, 11) is -1.19. The summed E-state index contributed by atoms with van der Waals surface area (Å²) in [5, 5.41) is 10.5. The van der Waals surface area contributed by atoms with Crippen LogP contribution in [-0.4, -0.2) is 21.6 Å². The molecule has 3 rings (SSSR count). The topological polar surface area (TPSA) is 67.0 Å². The molecule has 1 heterocycles. The first-order valence-electron chi connectivity index (χ1n) is 8.55. The Morgan fingerprint density at radius 2 is 1.86 bits per heavy atom. The second kappa shape index (κ2) is 7.98. The number of halogens is 2. The van der Waals surface area contributed by atoms with E-state index in [1.807, 2.05) is 30.5 Å². The molecule has 1 N–H and O–H groups in total. The molecule has 1 aromatic heterocycles. The molecule has 3 aromatic rings. The number of nitriles is 1. The number of hydrogen-bond donors (Lipinski definition) is 1. The number of fused-ring (bicyclic) bond motifs is 1. The van der Waals surface area contributed by atoms with Crippen LogP contribution in [0.4, 0.5) is 14.5 Å². The van der Waals surface area contributed by atoms with Crippen molar-refractivity contribution in [2.75, 3.05) is 11.0 Å². The average Bonchev–Trinajstić information content (AvgIpc) is 2.95. The molecule has 5 nitrogen and oxygen atoms in total. The van der Waals surface area contributed by atoms with E-state index in [1.165, 1.54) is 18.4 Å². The second-order valence-electron chi connectivity index (χ2n) is 6.49. The standard InChI is InChI=1S/C20H19F2N3O2S/c1-12(2)25-18-10-15(27-20(21)22)8-9-16(18)17(11-23)19(25)13-4-6-14(7-5-13)24-28(3)26/h4-10,12,20,24H,1-3H3. The Balaban J connectivity index is 2.22. The summed E-state index contributed by atoms with van der Waals surface area (Å²) in [5.41, 5.74) is 3.31. The minimum atomic E-state index is -2.92. The van der Waals surface area contributed by atoms with Crippen molar-refractivity contribution in [3.05, 3.63) is 48.0 Å². The smallest absolute Gasteiger partial charge is 0.387 e. The fourth-order valence-electron chi connectivity index (χ4n) is 3.26. The molecule has 0 spiro atoms. The molecule has 146 valence electrons. The molecule has 1 unspecified atom stereocenters. The van der Waals surface area contributed by atoms with Crippen LogP contribution in [0.2, 0.25) is 0 Å². The highest BCUT2D eigenvalue weighted by Gasteiger charge is 2.21. The lowest BCUT2D eigenvalue weighted by molar-refractivity contribution is -0.0497. The summed E-state index contributed by atoms with van der Waals surface area (Å²) in [6.07, 6.45) is 1.54. The van der Waals surface area contributed by atoms with Crippen LogP contribution in [0.15, 0.2) is 42.5 Å². The van der Waals surface area contributed by atoms with Gasteiger partial charge in [0, 0.05) is 29.4 Å². The Labute approximate surface area is 164 Å². The van der Waals surface area contributed by atoms with E-state index in [1.54, 1.807) is 18.2 Å². The highest BCUT2D eigenvalue weighted by atomic mass is 32.2. The highest BCUT2D eigenvalue weighted by molar-refractivity contribution is 7.85. The lowest BCUT2D eigenvalue weighted by Gasteiger charge is -2.16. The molecular weight excluding hydrogens is 384 g/mol. The molecule has 0 bridgehead atoms. The minimum absolute atomic E-state index is 0.0256. The number of benzene rings is 2. The Bertz CT molecular complexity index is 1070. The maximum Gasteiger partial charge on any atom is 0.387 e. The van der Waals surface area contributed by atoms with Crippen LogP contribution in [0.25, 0.3) is 22.2 Å².